The summed E-state index contributed by atoms with van der Waals surface area (Å²) < 4.78 is 12.1. The van der Waals surface area contributed by atoms with Crippen LogP contribution in [-0.2, 0) is 9.31 Å². The van der Waals surface area contributed by atoms with Crippen molar-refractivity contribution < 1.29 is 9.31 Å². The van der Waals surface area contributed by atoms with E-state index in [0.717, 1.165) is 24.8 Å². The Balaban J connectivity index is 2.04. The predicted molar refractivity (Wildman–Crippen MR) is 67.4 cm³/mol. The van der Waals surface area contributed by atoms with Crippen molar-refractivity contribution in [2.45, 2.75) is 64.0 Å². The van der Waals surface area contributed by atoms with Crippen molar-refractivity contribution in [2.24, 2.45) is 0 Å². The zero-order valence-corrected chi connectivity index (χ0v) is 11.1. The molecule has 1 saturated heterocycles. The van der Waals surface area contributed by atoms with Crippen molar-refractivity contribution in [2.75, 3.05) is 0 Å². The van der Waals surface area contributed by atoms with Crippen molar-refractivity contribution >= 4 is 7.12 Å². The first kappa shape index (κ1) is 12.7. The summed E-state index contributed by atoms with van der Waals surface area (Å²) in [6, 6.07) is 2.23. The van der Waals surface area contributed by atoms with Gasteiger partial charge in [0.05, 0.1) is 17.3 Å². The summed E-state index contributed by atoms with van der Waals surface area (Å²) >= 11 is 0. The molecule has 1 unspecified atom stereocenters. The molecule has 0 aromatic carbocycles. The predicted octanol–water partition coefficient (Wildman–Crippen LogP) is 3.08. The fourth-order valence-corrected chi connectivity index (χ4v) is 2.28. The average molecular weight is 233 g/mol. The molecule has 4 heteroatoms. The molecule has 1 aliphatic heterocycles. The van der Waals surface area contributed by atoms with Gasteiger partial charge in [0.25, 0.3) is 0 Å². The molecule has 0 radical (unpaired) electrons. The molecule has 0 bridgehead atoms. The van der Waals surface area contributed by atoms with Gasteiger partial charge < -0.3 is 9.31 Å². The van der Waals surface area contributed by atoms with E-state index in [-0.39, 0.29) is 18.3 Å². The number of rotatable bonds is 1. The summed E-state index contributed by atoms with van der Waals surface area (Å²) in [5, 5.41) is 8.83. The maximum absolute atomic E-state index is 8.83. The van der Waals surface area contributed by atoms with Crippen LogP contribution in [0.2, 0.25) is 5.82 Å². The third kappa shape index (κ3) is 2.27. The number of allylic oxidation sites excluding steroid dienone is 2. The molecule has 1 fully saturated rings. The smallest absolute Gasteiger partial charge is 0.403 e. The van der Waals surface area contributed by atoms with Gasteiger partial charge in [0.15, 0.2) is 0 Å². The van der Waals surface area contributed by atoms with E-state index in [2.05, 4.69) is 33.8 Å². The van der Waals surface area contributed by atoms with Crippen LogP contribution in [0.3, 0.4) is 0 Å². The number of nitrogens with zero attached hydrogens (tertiary/aromatic N) is 1. The first-order valence-corrected chi connectivity index (χ1v) is 6.30. The van der Waals surface area contributed by atoms with Crippen molar-refractivity contribution in [3.8, 4) is 6.07 Å². The number of hydrogen-bond acceptors (Lipinski definition) is 3. The first-order valence-electron chi connectivity index (χ1n) is 6.30. The van der Waals surface area contributed by atoms with E-state index in [1.165, 1.54) is 0 Å². The van der Waals surface area contributed by atoms with Gasteiger partial charge in [-0.15, -0.1) is 0 Å². The normalized spacial score (nSPS) is 30.9. The highest BCUT2D eigenvalue weighted by Gasteiger charge is 2.53. The fourth-order valence-electron chi connectivity index (χ4n) is 2.28. The Kier molecular flexibility index (Phi) is 3.09. The van der Waals surface area contributed by atoms with E-state index in [1.54, 1.807) is 0 Å². The summed E-state index contributed by atoms with van der Waals surface area (Å²) in [6.45, 7) is 8.30. The second kappa shape index (κ2) is 4.15. The average Bonchev–Trinajstić information content (AvgIpc) is 2.48. The van der Waals surface area contributed by atoms with Crippen molar-refractivity contribution in [3.05, 3.63) is 11.6 Å². The van der Waals surface area contributed by atoms with Crippen LogP contribution in [0, 0.1) is 11.3 Å². The highest BCUT2D eigenvalue weighted by Crippen LogP contribution is 2.43. The van der Waals surface area contributed by atoms with Crippen LogP contribution in [0.5, 0.6) is 0 Å². The van der Waals surface area contributed by atoms with E-state index in [0.29, 0.717) is 5.82 Å². The molecule has 0 aromatic rings. The number of hydrogen-bond donors (Lipinski definition) is 0. The van der Waals surface area contributed by atoms with E-state index < -0.39 is 0 Å². The minimum absolute atomic E-state index is 0.128. The molecule has 0 saturated carbocycles. The van der Waals surface area contributed by atoms with Gasteiger partial charge in [-0.2, -0.15) is 5.26 Å². The van der Waals surface area contributed by atoms with Gasteiger partial charge in [0, 0.05) is 5.57 Å². The Morgan fingerprint density at radius 3 is 2.29 bits per heavy atom. The summed E-state index contributed by atoms with van der Waals surface area (Å²) in [6.07, 6.45) is 4.75. The molecule has 0 amide bonds. The van der Waals surface area contributed by atoms with E-state index in [4.69, 9.17) is 14.6 Å². The van der Waals surface area contributed by atoms with Crippen LogP contribution in [0.25, 0.3) is 0 Å². The Hall–Kier alpha value is -0.785. The molecule has 1 atom stereocenters. The van der Waals surface area contributed by atoms with Gasteiger partial charge in [0.1, 0.15) is 0 Å². The molecule has 1 heterocycles. The topological polar surface area (TPSA) is 42.2 Å². The van der Waals surface area contributed by atoms with Crippen molar-refractivity contribution in [3.63, 3.8) is 0 Å². The van der Waals surface area contributed by atoms with Crippen LogP contribution in [-0.4, -0.2) is 18.3 Å². The molecule has 1 aliphatic carbocycles. The van der Waals surface area contributed by atoms with Gasteiger partial charge >= 0.3 is 7.12 Å². The Morgan fingerprint density at radius 1 is 1.29 bits per heavy atom. The maximum atomic E-state index is 8.83. The third-order valence-electron chi connectivity index (χ3n) is 4.25. The second-order valence-corrected chi connectivity index (χ2v) is 6.00. The third-order valence-corrected chi connectivity index (χ3v) is 4.25. The van der Waals surface area contributed by atoms with Gasteiger partial charge in [0.2, 0.25) is 0 Å². The molecule has 92 valence electrons. The van der Waals surface area contributed by atoms with Crippen molar-refractivity contribution in [1.82, 2.24) is 0 Å². The van der Waals surface area contributed by atoms with Crippen molar-refractivity contribution in [1.29, 1.82) is 5.26 Å². The lowest BCUT2D eigenvalue weighted by atomic mass is 9.65. The maximum Gasteiger partial charge on any atom is 0.461 e. The minimum atomic E-state index is -0.253. The molecule has 2 aliphatic rings. The largest absolute Gasteiger partial charge is 0.461 e. The second-order valence-electron chi connectivity index (χ2n) is 6.00. The van der Waals surface area contributed by atoms with E-state index in [1.807, 2.05) is 6.08 Å². The summed E-state index contributed by atoms with van der Waals surface area (Å²) in [7, 11) is -0.128. The van der Waals surface area contributed by atoms with Crippen LogP contribution in [0.15, 0.2) is 11.6 Å². The summed E-state index contributed by atoms with van der Waals surface area (Å²) in [4.78, 5) is 0. The van der Waals surface area contributed by atoms with Gasteiger partial charge in [-0.25, -0.2) is 0 Å². The number of nitriles is 1. The van der Waals surface area contributed by atoms with E-state index in [9.17, 15) is 0 Å². The monoisotopic (exact) mass is 233 g/mol. The SMILES string of the molecule is CC1(C)OB(C2CC=C(C#N)CC2)OC1(C)C. The lowest BCUT2D eigenvalue weighted by molar-refractivity contribution is 0.00578. The lowest BCUT2D eigenvalue weighted by Gasteiger charge is -2.32. The van der Waals surface area contributed by atoms with Gasteiger partial charge in [-0.05, 0) is 52.8 Å². The molecule has 0 aromatic heterocycles. The van der Waals surface area contributed by atoms with Gasteiger partial charge in [-0.1, -0.05) is 6.08 Å². The molecule has 0 spiro atoms. The molecular weight excluding hydrogens is 213 g/mol. The van der Waals surface area contributed by atoms with Gasteiger partial charge in [-0.3, -0.25) is 0 Å². The summed E-state index contributed by atoms with van der Waals surface area (Å²) in [5.41, 5.74) is 0.395. The highest BCUT2D eigenvalue weighted by atomic mass is 16.7. The van der Waals surface area contributed by atoms with Crippen LogP contribution in [0.1, 0.15) is 47.0 Å². The Morgan fingerprint density at radius 2 is 1.88 bits per heavy atom. The Labute approximate surface area is 104 Å². The first-order chi connectivity index (χ1) is 7.86. The quantitative estimate of drug-likeness (QED) is 0.653. The molecule has 17 heavy (non-hydrogen) atoms. The lowest BCUT2D eigenvalue weighted by Crippen LogP contribution is -2.41. The zero-order valence-electron chi connectivity index (χ0n) is 11.1. The van der Waals surface area contributed by atoms with Crippen LogP contribution >= 0.6 is 0 Å². The fraction of sp³-hybridized carbons (Fsp3) is 0.769. The van der Waals surface area contributed by atoms with E-state index >= 15 is 0 Å². The van der Waals surface area contributed by atoms with Crippen LogP contribution < -0.4 is 0 Å². The molecule has 2 rings (SSSR count). The molecule has 3 nitrogen and oxygen atoms in total. The van der Waals surface area contributed by atoms with Crippen LogP contribution in [0.4, 0.5) is 0 Å². The Bertz CT molecular complexity index is 365. The standard InChI is InChI=1S/C13H20BNO2/c1-12(2)13(3,4)17-14(16-12)11-7-5-10(9-15)6-8-11/h5,11H,6-8H2,1-4H3. The minimum Gasteiger partial charge on any atom is -0.403 e. The zero-order chi connectivity index (χ0) is 12.7. The highest BCUT2D eigenvalue weighted by molar-refractivity contribution is 6.47. The summed E-state index contributed by atoms with van der Waals surface area (Å²) in [5.74, 6) is 0.383. The molecular formula is C13H20BNO2. The molecule has 0 N–H and O–H groups in total.